The Morgan fingerprint density at radius 3 is 2.43 bits per heavy atom. The number of carbonyl (C=O) groups is 2. The predicted octanol–water partition coefficient (Wildman–Crippen LogP) is 3.65. The predicted molar refractivity (Wildman–Crippen MR) is 105 cm³/mol. The molecule has 1 amide bonds. The Balaban J connectivity index is 1.67. The molecular formula is C22H25NO5. The van der Waals surface area contributed by atoms with Gasteiger partial charge < -0.3 is 19.1 Å². The van der Waals surface area contributed by atoms with E-state index in [9.17, 15) is 9.59 Å². The van der Waals surface area contributed by atoms with Gasteiger partial charge in [0.05, 0.1) is 20.3 Å². The standard InChI is InChI=1S/C22H25NO5/c1-15(24)17-8-11-20(21(13-17)27-3)28-14-22(25)23-12-4-5-19(23)16-6-9-18(26-2)10-7-16/h6-11,13,19H,4-5,12,14H2,1-3H3. The van der Waals surface area contributed by atoms with Crippen molar-refractivity contribution in [2.24, 2.45) is 0 Å². The highest BCUT2D eigenvalue weighted by molar-refractivity contribution is 5.94. The zero-order chi connectivity index (χ0) is 20.1. The summed E-state index contributed by atoms with van der Waals surface area (Å²) in [7, 11) is 3.14. The number of carbonyl (C=O) groups excluding carboxylic acids is 2. The van der Waals surface area contributed by atoms with E-state index in [2.05, 4.69) is 0 Å². The molecule has 3 rings (SSSR count). The van der Waals surface area contributed by atoms with E-state index in [1.54, 1.807) is 25.3 Å². The molecule has 0 N–H and O–H groups in total. The van der Waals surface area contributed by atoms with E-state index in [0.717, 1.165) is 24.2 Å². The van der Waals surface area contributed by atoms with Crippen LogP contribution in [0, 0.1) is 0 Å². The van der Waals surface area contributed by atoms with E-state index >= 15 is 0 Å². The van der Waals surface area contributed by atoms with Crippen molar-refractivity contribution in [1.29, 1.82) is 0 Å². The number of likely N-dealkylation sites (tertiary alicyclic amines) is 1. The van der Waals surface area contributed by atoms with Crippen LogP contribution >= 0.6 is 0 Å². The van der Waals surface area contributed by atoms with E-state index in [1.807, 2.05) is 29.2 Å². The molecule has 0 radical (unpaired) electrons. The van der Waals surface area contributed by atoms with Gasteiger partial charge in [0, 0.05) is 12.1 Å². The third-order valence-corrected chi connectivity index (χ3v) is 5.00. The first-order chi connectivity index (χ1) is 13.5. The lowest BCUT2D eigenvalue weighted by Crippen LogP contribution is -2.34. The molecule has 1 aliphatic rings. The summed E-state index contributed by atoms with van der Waals surface area (Å²) in [5.74, 6) is 1.55. The normalized spacial score (nSPS) is 16.0. The number of rotatable bonds is 7. The number of nitrogens with zero attached hydrogens (tertiary/aromatic N) is 1. The molecule has 1 atom stereocenters. The second-order valence-corrected chi connectivity index (χ2v) is 6.73. The van der Waals surface area contributed by atoms with Crippen LogP contribution in [0.15, 0.2) is 42.5 Å². The van der Waals surface area contributed by atoms with Crippen molar-refractivity contribution in [3.05, 3.63) is 53.6 Å². The molecule has 0 spiro atoms. The zero-order valence-corrected chi connectivity index (χ0v) is 16.4. The van der Waals surface area contributed by atoms with Crippen molar-refractivity contribution in [2.45, 2.75) is 25.8 Å². The number of hydrogen-bond donors (Lipinski definition) is 0. The van der Waals surface area contributed by atoms with Crippen LogP contribution in [0.2, 0.25) is 0 Å². The van der Waals surface area contributed by atoms with Gasteiger partial charge in [0.15, 0.2) is 23.9 Å². The lowest BCUT2D eigenvalue weighted by Gasteiger charge is -2.25. The summed E-state index contributed by atoms with van der Waals surface area (Å²) >= 11 is 0. The average molecular weight is 383 g/mol. The van der Waals surface area contributed by atoms with Gasteiger partial charge in [-0.1, -0.05) is 12.1 Å². The molecule has 0 bridgehead atoms. The number of amides is 1. The summed E-state index contributed by atoms with van der Waals surface area (Å²) in [6.45, 7) is 2.12. The Kier molecular flexibility index (Phi) is 6.19. The lowest BCUT2D eigenvalue weighted by molar-refractivity contribution is -0.134. The maximum atomic E-state index is 12.8. The van der Waals surface area contributed by atoms with Crippen LogP contribution in [0.25, 0.3) is 0 Å². The summed E-state index contributed by atoms with van der Waals surface area (Å²) in [6.07, 6.45) is 1.88. The maximum Gasteiger partial charge on any atom is 0.261 e. The van der Waals surface area contributed by atoms with Gasteiger partial charge in [0.1, 0.15) is 5.75 Å². The van der Waals surface area contributed by atoms with Crippen LogP contribution in [-0.2, 0) is 4.79 Å². The van der Waals surface area contributed by atoms with Gasteiger partial charge in [-0.15, -0.1) is 0 Å². The second-order valence-electron chi connectivity index (χ2n) is 6.73. The summed E-state index contributed by atoms with van der Waals surface area (Å²) in [5, 5.41) is 0. The Morgan fingerprint density at radius 1 is 1.04 bits per heavy atom. The highest BCUT2D eigenvalue weighted by Gasteiger charge is 2.30. The molecular weight excluding hydrogens is 358 g/mol. The van der Waals surface area contributed by atoms with Crippen molar-refractivity contribution < 1.29 is 23.8 Å². The van der Waals surface area contributed by atoms with E-state index in [1.165, 1.54) is 14.0 Å². The molecule has 148 valence electrons. The maximum absolute atomic E-state index is 12.8. The SMILES string of the molecule is COc1ccc(C2CCCN2C(=O)COc2ccc(C(C)=O)cc2OC)cc1. The van der Waals surface area contributed by atoms with Gasteiger partial charge in [0.2, 0.25) is 0 Å². The van der Waals surface area contributed by atoms with Gasteiger partial charge in [-0.25, -0.2) is 0 Å². The summed E-state index contributed by atoms with van der Waals surface area (Å²) < 4.78 is 16.2. The molecule has 28 heavy (non-hydrogen) atoms. The minimum absolute atomic E-state index is 0.0454. The molecule has 2 aromatic rings. The van der Waals surface area contributed by atoms with Crippen LogP contribution in [0.1, 0.15) is 41.7 Å². The molecule has 2 aromatic carbocycles. The Hall–Kier alpha value is -3.02. The van der Waals surface area contributed by atoms with Crippen molar-refractivity contribution in [1.82, 2.24) is 4.90 Å². The molecule has 1 unspecified atom stereocenters. The quantitative estimate of drug-likeness (QED) is 0.683. The average Bonchev–Trinajstić information content (AvgIpc) is 3.21. The zero-order valence-electron chi connectivity index (χ0n) is 16.4. The molecule has 0 aliphatic carbocycles. The molecule has 1 aliphatic heterocycles. The van der Waals surface area contributed by atoms with Crippen LogP contribution in [-0.4, -0.2) is 44.0 Å². The van der Waals surface area contributed by atoms with Crippen LogP contribution < -0.4 is 14.2 Å². The molecule has 1 fully saturated rings. The topological polar surface area (TPSA) is 65.1 Å². The fourth-order valence-corrected chi connectivity index (χ4v) is 3.47. The van der Waals surface area contributed by atoms with Gasteiger partial charge in [-0.3, -0.25) is 9.59 Å². The highest BCUT2D eigenvalue weighted by atomic mass is 16.5. The summed E-state index contributed by atoms with van der Waals surface area (Å²) in [5.41, 5.74) is 1.63. The first kappa shape index (κ1) is 19.7. The fraction of sp³-hybridized carbons (Fsp3) is 0.364. The summed E-state index contributed by atoms with van der Waals surface area (Å²) in [4.78, 5) is 26.2. The van der Waals surface area contributed by atoms with Gasteiger partial charge in [-0.2, -0.15) is 0 Å². The van der Waals surface area contributed by atoms with Gasteiger partial charge in [-0.05, 0) is 55.7 Å². The summed E-state index contributed by atoms with van der Waals surface area (Å²) in [6, 6.07) is 12.8. The first-order valence-electron chi connectivity index (χ1n) is 9.28. The molecule has 1 heterocycles. The van der Waals surface area contributed by atoms with Crippen molar-refractivity contribution >= 4 is 11.7 Å². The number of methoxy groups -OCH3 is 2. The van der Waals surface area contributed by atoms with Crippen LogP contribution in [0.3, 0.4) is 0 Å². The van der Waals surface area contributed by atoms with Gasteiger partial charge in [0.25, 0.3) is 5.91 Å². The Morgan fingerprint density at radius 2 is 1.79 bits per heavy atom. The van der Waals surface area contributed by atoms with Crippen molar-refractivity contribution in [2.75, 3.05) is 27.4 Å². The van der Waals surface area contributed by atoms with E-state index in [4.69, 9.17) is 14.2 Å². The number of hydrogen-bond acceptors (Lipinski definition) is 5. The first-order valence-corrected chi connectivity index (χ1v) is 9.28. The Labute approximate surface area is 165 Å². The van der Waals surface area contributed by atoms with E-state index in [-0.39, 0.29) is 24.3 Å². The minimum atomic E-state index is -0.0809. The number of ether oxygens (including phenoxy) is 3. The Bertz CT molecular complexity index is 847. The van der Waals surface area contributed by atoms with E-state index < -0.39 is 0 Å². The molecule has 1 saturated heterocycles. The van der Waals surface area contributed by atoms with Crippen LogP contribution in [0.4, 0.5) is 0 Å². The highest BCUT2D eigenvalue weighted by Crippen LogP contribution is 2.33. The largest absolute Gasteiger partial charge is 0.497 e. The number of benzene rings is 2. The fourth-order valence-electron chi connectivity index (χ4n) is 3.47. The second kappa shape index (κ2) is 8.78. The molecule has 6 nitrogen and oxygen atoms in total. The molecule has 6 heteroatoms. The smallest absolute Gasteiger partial charge is 0.261 e. The third-order valence-electron chi connectivity index (χ3n) is 5.00. The van der Waals surface area contributed by atoms with Crippen LogP contribution in [0.5, 0.6) is 17.2 Å². The monoisotopic (exact) mass is 383 g/mol. The molecule has 0 aromatic heterocycles. The molecule has 0 saturated carbocycles. The lowest BCUT2D eigenvalue weighted by atomic mass is 10.0. The number of Topliss-reactive ketones (excluding diaryl/α,β-unsaturated/α-hetero) is 1. The van der Waals surface area contributed by atoms with Crippen molar-refractivity contribution in [3.8, 4) is 17.2 Å². The third kappa shape index (κ3) is 4.27. The van der Waals surface area contributed by atoms with E-state index in [0.29, 0.717) is 23.6 Å². The number of ketones is 1. The van der Waals surface area contributed by atoms with Crippen molar-refractivity contribution in [3.63, 3.8) is 0 Å². The minimum Gasteiger partial charge on any atom is -0.497 e. The van der Waals surface area contributed by atoms with Gasteiger partial charge >= 0.3 is 0 Å².